The van der Waals surface area contributed by atoms with Crippen molar-refractivity contribution in [2.45, 2.75) is 4.90 Å². The number of nitrogens with one attached hydrogen (secondary N) is 1. The van der Waals surface area contributed by atoms with Crippen molar-refractivity contribution in [1.29, 1.82) is 0 Å². The van der Waals surface area contributed by atoms with Crippen LogP contribution >= 0.6 is 11.8 Å². The topological polar surface area (TPSA) is 44.3 Å². The second-order valence-corrected chi connectivity index (χ2v) is 6.46. The van der Waals surface area contributed by atoms with Crippen LogP contribution in [-0.4, -0.2) is 36.5 Å². The molecule has 1 N–H and O–H groups in total. The molecule has 0 aliphatic rings. The molecule has 0 saturated heterocycles. The van der Waals surface area contributed by atoms with E-state index in [1.54, 1.807) is 11.8 Å². The predicted octanol–water partition coefficient (Wildman–Crippen LogP) is 4.62. The number of aliphatic imine (C=N–C) groups is 1. The van der Waals surface area contributed by atoms with Gasteiger partial charge < -0.3 is 9.88 Å². The number of thioether (sulfide) groups is 1. The van der Waals surface area contributed by atoms with Gasteiger partial charge >= 0.3 is 0 Å². The van der Waals surface area contributed by atoms with Crippen LogP contribution in [0.3, 0.4) is 0 Å². The lowest BCUT2D eigenvalue weighted by atomic mass is 10.2. The number of anilines is 1. The van der Waals surface area contributed by atoms with Crippen LogP contribution in [-0.2, 0) is 0 Å². The maximum Gasteiger partial charge on any atom is 0.170 e. The van der Waals surface area contributed by atoms with E-state index in [-0.39, 0.29) is 0 Å². The van der Waals surface area contributed by atoms with Crippen LogP contribution in [0.2, 0.25) is 0 Å². The fourth-order valence-electron chi connectivity index (χ4n) is 2.27. The van der Waals surface area contributed by atoms with Gasteiger partial charge in [0.15, 0.2) is 5.82 Å². The first-order chi connectivity index (χ1) is 11.7. The van der Waals surface area contributed by atoms with Crippen molar-refractivity contribution < 1.29 is 0 Å². The highest BCUT2D eigenvalue weighted by Crippen LogP contribution is 2.22. The molecule has 0 saturated carbocycles. The van der Waals surface area contributed by atoms with Crippen LogP contribution in [0.15, 0.2) is 64.6 Å². The van der Waals surface area contributed by atoms with Gasteiger partial charge in [-0.25, -0.2) is 9.98 Å². The Balaban J connectivity index is 1.73. The molecule has 122 valence electrons. The molecule has 0 spiro atoms. The quantitative estimate of drug-likeness (QED) is 0.546. The molecule has 3 aromatic rings. The molecule has 3 rings (SSSR count). The third kappa shape index (κ3) is 3.86. The van der Waals surface area contributed by atoms with E-state index >= 15 is 0 Å². The standard InChI is InChI=1S/C19H20N4S/c1-23(2)16-8-4-14(5-9-16)12-20-18-13-21-19(22-18)15-6-10-17(24-3)11-7-15/h4-13H,1-3H3,(H,21,22). The van der Waals surface area contributed by atoms with Gasteiger partial charge in [-0.3, -0.25) is 0 Å². The zero-order valence-corrected chi connectivity index (χ0v) is 14.8. The van der Waals surface area contributed by atoms with E-state index in [1.807, 2.05) is 38.6 Å². The Hall–Kier alpha value is -2.53. The molecule has 1 aromatic heterocycles. The minimum absolute atomic E-state index is 0.677. The van der Waals surface area contributed by atoms with Gasteiger partial charge in [-0.2, -0.15) is 0 Å². The van der Waals surface area contributed by atoms with E-state index in [4.69, 9.17) is 0 Å². The minimum atomic E-state index is 0.677. The van der Waals surface area contributed by atoms with Gasteiger partial charge in [-0.05, 0) is 36.1 Å². The summed E-state index contributed by atoms with van der Waals surface area (Å²) in [5, 5.41) is 0. The van der Waals surface area contributed by atoms with Gasteiger partial charge in [0.25, 0.3) is 0 Å². The number of rotatable bonds is 5. The van der Waals surface area contributed by atoms with Gasteiger partial charge in [-0.1, -0.05) is 24.3 Å². The third-order valence-electron chi connectivity index (χ3n) is 3.68. The zero-order valence-electron chi connectivity index (χ0n) is 14.0. The number of hydrogen-bond acceptors (Lipinski definition) is 4. The van der Waals surface area contributed by atoms with Crippen LogP contribution in [0, 0.1) is 0 Å². The summed E-state index contributed by atoms with van der Waals surface area (Å²) in [4.78, 5) is 15.5. The molecule has 0 bridgehead atoms. The van der Waals surface area contributed by atoms with Gasteiger partial charge in [0.1, 0.15) is 5.82 Å². The smallest absolute Gasteiger partial charge is 0.170 e. The minimum Gasteiger partial charge on any atom is -0.378 e. The van der Waals surface area contributed by atoms with Crippen molar-refractivity contribution in [3.05, 3.63) is 60.3 Å². The predicted molar refractivity (Wildman–Crippen MR) is 104 cm³/mol. The Labute approximate surface area is 146 Å². The third-order valence-corrected chi connectivity index (χ3v) is 4.43. The van der Waals surface area contributed by atoms with Crippen molar-refractivity contribution in [2.75, 3.05) is 25.3 Å². The highest BCUT2D eigenvalue weighted by Gasteiger charge is 2.03. The Morgan fingerprint density at radius 2 is 1.75 bits per heavy atom. The summed E-state index contributed by atoms with van der Waals surface area (Å²) in [6.45, 7) is 0. The second-order valence-electron chi connectivity index (χ2n) is 5.58. The average molecular weight is 336 g/mol. The maximum atomic E-state index is 4.53. The van der Waals surface area contributed by atoms with Crippen LogP contribution in [0.25, 0.3) is 11.4 Å². The molecule has 4 nitrogen and oxygen atoms in total. The molecule has 0 aliphatic carbocycles. The number of nitrogens with zero attached hydrogens (tertiary/aromatic N) is 3. The van der Waals surface area contributed by atoms with Crippen LogP contribution in [0.5, 0.6) is 0 Å². The van der Waals surface area contributed by atoms with E-state index in [1.165, 1.54) is 10.6 Å². The molecule has 24 heavy (non-hydrogen) atoms. The summed E-state index contributed by atoms with van der Waals surface area (Å²) in [5.74, 6) is 1.51. The number of benzene rings is 2. The maximum absolute atomic E-state index is 4.53. The van der Waals surface area contributed by atoms with E-state index < -0.39 is 0 Å². The molecule has 0 atom stereocenters. The number of aromatic nitrogens is 2. The fraction of sp³-hybridized carbons (Fsp3) is 0.158. The van der Waals surface area contributed by atoms with Crippen LogP contribution in [0.1, 0.15) is 5.56 Å². The monoisotopic (exact) mass is 336 g/mol. The lowest BCUT2D eigenvalue weighted by Gasteiger charge is -2.11. The number of H-pyrrole nitrogens is 1. The number of hydrogen-bond donors (Lipinski definition) is 1. The Kier molecular flexibility index (Phi) is 5.01. The van der Waals surface area contributed by atoms with Crippen molar-refractivity contribution in [1.82, 2.24) is 9.97 Å². The summed E-state index contributed by atoms with van der Waals surface area (Å²) in [6.07, 6.45) is 5.72. The molecule has 0 radical (unpaired) electrons. The van der Waals surface area contributed by atoms with Gasteiger partial charge in [0.05, 0.1) is 0 Å². The summed E-state index contributed by atoms with van der Waals surface area (Å²) in [6, 6.07) is 16.6. The normalized spacial score (nSPS) is 11.1. The molecule has 0 fully saturated rings. The summed E-state index contributed by atoms with van der Waals surface area (Å²) < 4.78 is 0. The van der Waals surface area contributed by atoms with Gasteiger partial charge in [0.2, 0.25) is 0 Å². The largest absolute Gasteiger partial charge is 0.378 e. The molecular weight excluding hydrogens is 316 g/mol. The Morgan fingerprint density at radius 3 is 2.38 bits per heavy atom. The summed E-state index contributed by atoms with van der Waals surface area (Å²) in [7, 11) is 4.06. The zero-order chi connectivity index (χ0) is 16.9. The SMILES string of the molecule is CSc1ccc(-c2nc(N=Cc3ccc(N(C)C)cc3)c[nH]2)cc1. The molecule has 1 heterocycles. The van der Waals surface area contributed by atoms with Crippen molar-refractivity contribution in [3.63, 3.8) is 0 Å². The summed E-state index contributed by atoms with van der Waals surface area (Å²) >= 11 is 1.73. The first-order valence-corrected chi connectivity index (χ1v) is 8.89. The Morgan fingerprint density at radius 1 is 1.04 bits per heavy atom. The van der Waals surface area contributed by atoms with E-state index in [0.717, 1.165) is 17.0 Å². The van der Waals surface area contributed by atoms with Crippen LogP contribution in [0.4, 0.5) is 11.5 Å². The number of imidazole rings is 1. The van der Waals surface area contributed by atoms with Gasteiger partial charge in [0, 0.05) is 42.7 Å². The van der Waals surface area contributed by atoms with Crippen molar-refractivity contribution >= 4 is 29.5 Å². The molecule has 0 unspecified atom stereocenters. The fourth-order valence-corrected chi connectivity index (χ4v) is 2.68. The van der Waals surface area contributed by atoms with Crippen molar-refractivity contribution in [3.8, 4) is 11.4 Å². The first-order valence-electron chi connectivity index (χ1n) is 7.67. The van der Waals surface area contributed by atoms with Crippen LogP contribution < -0.4 is 4.90 Å². The summed E-state index contributed by atoms with van der Waals surface area (Å²) in [5.41, 5.74) is 3.28. The van der Waals surface area contributed by atoms with Crippen molar-refractivity contribution in [2.24, 2.45) is 4.99 Å². The Bertz CT molecular complexity index is 817. The molecule has 5 heteroatoms. The van der Waals surface area contributed by atoms with E-state index in [9.17, 15) is 0 Å². The second kappa shape index (κ2) is 7.36. The molecule has 0 aliphatic heterocycles. The highest BCUT2D eigenvalue weighted by molar-refractivity contribution is 7.98. The first kappa shape index (κ1) is 16.3. The number of aromatic amines is 1. The molecular formula is C19H20N4S. The average Bonchev–Trinajstić information content (AvgIpc) is 3.09. The van der Waals surface area contributed by atoms with E-state index in [2.05, 4.69) is 62.5 Å². The molecule has 0 amide bonds. The molecule has 2 aromatic carbocycles. The lowest BCUT2D eigenvalue weighted by Crippen LogP contribution is -2.08. The highest BCUT2D eigenvalue weighted by atomic mass is 32.2. The van der Waals surface area contributed by atoms with Gasteiger partial charge in [-0.15, -0.1) is 11.8 Å². The lowest BCUT2D eigenvalue weighted by molar-refractivity contribution is 1.13. The van der Waals surface area contributed by atoms with E-state index in [0.29, 0.717) is 5.82 Å².